The zero-order valence-electron chi connectivity index (χ0n) is 15.2. The van der Waals surface area contributed by atoms with Gasteiger partial charge in [0.25, 0.3) is 0 Å². The molecule has 0 unspecified atom stereocenters. The van der Waals surface area contributed by atoms with Crippen LogP contribution in [-0.4, -0.2) is 33.1 Å². The number of nitrogens with one attached hydrogen (secondary N) is 2. The highest BCUT2D eigenvalue weighted by molar-refractivity contribution is 7.91. The summed E-state index contributed by atoms with van der Waals surface area (Å²) >= 11 is 0. The number of hydrogen-bond acceptors (Lipinski definition) is 5. The summed E-state index contributed by atoms with van der Waals surface area (Å²) in [5, 5.41) is 5.27. The van der Waals surface area contributed by atoms with Gasteiger partial charge in [0, 0.05) is 25.6 Å². The molecule has 0 atom stereocenters. The molecule has 0 aliphatic carbocycles. The van der Waals surface area contributed by atoms with Gasteiger partial charge in [-0.05, 0) is 42.0 Å². The first kappa shape index (κ1) is 20.4. The molecule has 2 rings (SSSR count). The van der Waals surface area contributed by atoms with Crippen LogP contribution < -0.4 is 15.4 Å². The average Bonchev–Trinajstić information content (AvgIpc) is 2.65. The van der Waals surface area contributed by atoms with Crippen molar-refractivity contribution in [1.82, 2.24) is 5.32 Å². The summed E-state index contributed by atoms with van der Waals surface area (Å²) in [6.45, 7) is 1.68. The Morgan fingerprint density at radius 2 is 1.63 bits per heavy atom. The number of benzene rings is 2. The highest BCUT2D eigenvalue weighted by Gasteiger charge is 2.16. The van der Waals surface area contributed by atoms with Crippen LogP contribution in [0.3, 0.4) is 0 Å². The third kappa shape index (κ3) is 6.41. The Hall–Kier alpha value is -2.87. The molecule has 0 bridgehead atoms. The van der Waals surface area contributed by atoms with Gasteiger partial charge in [-0.2, -0.15) is 0 Å². The van der Waals surface area contributed by atoms with E-state index in [0.29, 0.717) is 12.2 Å². The zero-order valence-corrected chi connectivity index (χ0v) is 16.0. The van der Waals surface area contributed by atoms with Gasteiger partial charge >= 0.3 is 0 Å². The molecule has 0 aliphatic heterocycles. The van der Waals surface area contributed by atoms with Crippen LogP contribution in [0.4, 0.5) is 5.69 Å². The van der Waals surface area contributed by atoms with Crippen LogP contribution in [0, 0.1) is 0 Å². The summed E-state index contributed by atoms with van der Waals surface area (Å²) in [5.74, 6) is -0.148. The summed E-state index contributed by atoms with van der Waals surface area (Å²) in [6.07, 6.45) is -0.133. The summed E-state index contributed by atoms with van der Waals surface area (Å²) in [5.41, 5.74) is 1.40. The molecule has 8 heteroatoms. The maximum Gasteiger partial charge on any atom is 0.221 e. The van der Waals surface area contributed by atoms with Gasteiger partial charge in [-0.1, -0.05) is 12.1 Å². The maximum atomic E-state index is 12.3. The third-order valence-electron chi connectivity index (χ3n) is 3.78. The van der Waals surface area contributed by atoms with Gasteiger partial charge in [0.15, 0.2) is 9.84 Å². The highest BCUT2D eigenvalue weighted by atomic mass is 32.2. The van der Waals surface area contributed by atoms with Crippen LogP contribution in [-0.2, 0) is 26.0 Å². The molecule has 0 radical (unpaired) electrons. The van der Waals surface area contributed by atoms with E-state index in [2.05, 4.69) is 10.6 Å². The Bertz CT molecular complexity index is 891. The second kappa shape index (κ2) is 9.18. The van der Waals surface area contributed by atoms with E-state index in [1.54, 1.807) is 19.2 Å². The number of carbonyl (C=O) groups is 2. The largest absolute Gasteiger partial charge is 0.497 e. The zero-order chi connectivity index (χ0) is 19.9. The van der Waals surface area contributed by atoms with Crippen LogP contribution in [0.15, 0.2) is 53.4 Å². The van der Waals surface area contributed by atoms with Crippen molar-refractivity contribution in [3.05, 3.63) is 54.1 Å². The summed E-state index contributed by atoms with van der Waals surface area (Å²) < 4.78 is 29.7. The Labute approximate surface area is 158 Å². The molecule has 0 fully saturated rings. The molecular formula is C19H22N2O5S. The first-order valence-corrected chi connectivity index (χ1v) is 9.95. The molecule has 2 N–H and O–H groups in total. The molecule has 0 saturated carbocycles. The van der Waals surface area contributed by atoms with E-state index in [9.17, 15) is 18.0 Å². The van der Waals surface area contributed by atoms with Gasteiger partial charge in [0.1, 0.15) is 5.75 Å². The second-order valence-corrected chi connectivity index (χ2v) is 8.01. The standard InChI is InChI=1S/C19H22N2O5S/c1-14(22)21-16-5-9-18(10-6-16)27(24,25)12-11-19(23)20-13-15-3-7-17(26-2)8-4-15/h3-10H,11-13H2,1-2H3,(H,20,23)(H,21,22). The minimum atomic E-state index is -3.58. The van der Waals surface area contributed by atoms with E-state index in [1.807, 2.05) is 12.1 Å². The van der Waals surface area contributed by atoms with Crippen molar-refractivity contribution in [3.8, 4) is 5.75 Å². The molecule has 144 valence electrons. The first-order chi connectivity index (χ1) is 12.8. The van der Waals surface area contributed by atoms with Crippen molar-refractivity contribution >= 4 is 27.3 Å². The number of anilines is 1. The van der Waals surface area contributed by atoms with Gasteiger partial charge in [-0.3, -0.25) is 9.59 Å². The fourth-order valence-electron chi connectivity index (χ4n) is 2.33. The fraction of sp³-hybridized carbons (Fsp3) is 0.263. The molecule has 0 aliphatic rings. The average molecular weight is 390 g/mol. The lowest BCUT2D eigenvalue weighted by Crippen LogP contribution is -2.25. The minimum absolute atomic E-state index is 0.111. The molecule has 0 aromatic heterocycles. The second-order valence-electron chi connectivity index (χ2n) is 5.90. The predicted octanol–water partition coefficient (Wildman–Crippen LogP) is 2.13. The molecule has 0 saturated heterocycles. The molecule has 0 heterocycles. The van der Waals surface area contributed by atoms with Crippen molar-refractivity contribution in [2.24, 2.45) is 0 Å². The van der Waals surface area contributed by atoms with Crippen LogP contribution in [0.5, 0.6) is 5.75 Å². The number of carbonyl (C=O) groups excluding carboxylic acids is 2. The monoisotopic (exact) mass is 390 g/mol. The smallest absolute Gasteiger partial charge is 0.221 e. The molecule has 2 aromatic rings. The number of rotatable bonds is 8. The molecule has 0 spiro atoms. The van der Waals surface area contributed by atoms with Crippen molar-refractivity contribution in [3.63, 3.8) is 0 Å². The van der Waals surface area contributed by atoms with Crippen LogP contribution in [0.1, 0.15) is 18.9 Å². The van der Waals surface area contributed by atoms with E-state index in [1.165, 1.54) is 31.2 Å². The van der Waals surface area contributed by atoms with Gasteiger partial charge in [-0.25, -0.2) is 8.42 Å². The highest BCUT2D eigenvalue weighted by Crippen LogP contribution is 2.16. The van der Waals surface area contributed by atoms with Crippen molar-refractivity contribution in [1.29, 1.82) is 0 Å². The van der Waals surface area contributed by atoms with E-state index < -0.39 is 9.84 Å². The summed E-state index contributed by atoms with van der Waals surface area (Å²) in [6, 6.07) is 13.1. The van der Waals surface area contributed by atoms with Gasteiger partial charge < -0.3 is 15.4 Å². The van der Waals surface area contributed by atoms with E-state index in [-0.39, 0.29) is 28.9 Å². The Balaban J connectivity index is 1.86. The van der Waals surface area contributed by atoms with Gasteiger partial charge in [0.2, 0.25) is 11.8 Å². The lowest BCUT2D eigenvalue weighted by molar-refractivity contribution is -0.120. The van der Waals surface area contributed by atoms with E-state index in [4.69, 9.17) is 4.74 Å². The number of hydrogen-bond donors (Lipinski definition) is 2. The minimum Gasteiger partial charge on any atom is -0.497 e. The number of sulfone groups is 1. The molecule has 2 amide bonds. The van der Waals surface area contributed by atoms with E-state index in [0.717, 1.165) is 11.3 Å². The Morgan fingerprint density at radius 1 is 1.00 bits per heavy atom. The van der Waals surface area contributed by atoms with Crippen molar-refractivity contribution in [2.75, 3.05) is 18.2 Å². The third-order valence-corrected chi connectivity index (χ3v) is 5.51. The normalized spacial score (nSPS) is 10.9. The van der Waals surface area contributed by atoms with E-state index >= 15 is 0 Å². The van der Waals surface area contributed by atoms with Crippen LogP contribution in [0.25, 0.3) is 0 Å². The molecule has 7 nitrogen and oxygen atoms in total. The topological polar surface area (TPSA) is 102 Å². The Kier molecular flexibility index (Phi) is 6.95. The van der Waals surface area contributed by atoms with Gasteiger partial charge in [-0.15, -0.1) is 0 Å². The van der Waals surface area contributed by atoms with Crippen molar-refractivity contribution in [2.45, 2.75) is 24.8 Å². The first-order valence-electron chi connectivity index (χ1n) is 8.30. The summed E-state index contributed by atoms with van der Waals surface area (Å²) in [4.78, 5) is 23.0. The lowest BCUT2D eigenvalue weighted by Gasteiger charge is -2.08. The van der Waals surface area contributed by atoms with Crippen LogP contribution >= 0.6 is 0 Å². The quantitative estimate of drug-likeness (QED) is 0.719. The maximum absolute atomic E-state index is 12.3. The molecule has 2 aromatic carbocycles. The summed E-state index contributed by atoms with van der Waals surface area (Å²) in [7, 11) is -2.01. The predicted molar refractivity (Wildman–Crippen MR) is 102 cm³/mol. The lowest BCUT2D eigenvalue weighted by atomic mass is 10.2. The number of ether oxygens (including phenoxy) is 1. The van der Waals surface area contributed by atoms with Crippen molar-refractivity contribution < 1.29 is 22.7 Å². The Morgan fingerprint density at radius 3 is 2.19 bits per heavy atom. The van der Waals surface area contributed by atoms with Gasteiger partial charge in [0.05, 0.1) is 17.8 Å². The SMILES string of the molecule is COc1ccc(CNC(=O)CCS(=O)(=O)c2ccc(NC(C)=O)cc2)cc1. The molecular weight excluding hydrogens is 368 g/mol. The number of amides is 2. The van der Waals surface area contributed by atoms with Crippen LogP contribution in [0.2, 0.25) is 0 Å². The number of methoxy groups -OCH3 is 1. The fourth-order valence-corrected chi connectivity index (χ4v) is 3.57. The molecule has 27 heavy (non-hydrogen) atoms.